The fraction of sp³-hybridized carbons (Fsp3) is 0.172. The molecule has 0 saturated carbocycles. The Bertz CT molecular complexity index is 1140. The number of anilines is 2. The van der Waals surface area contributed by atoms with Crippen molar-refractivity contribution in [3.63, 3.8) is 0 Å². The first kappa shape index (κ1) is 20.8. The molecule has 32 heavy (non-hydrogen) atoms. The van der Waals surface area contributed by atoms with Crippen molar-refractivity contribution >= 4 is 18.5 Å². The molecular formula is C29H28NOP. The number of hydrogen-bond acceptors (Lipinski definition) is 2. The minimum Gasteiger partial charge on any atom is -0.355 e. The second-order valence-electron chi connectivity index (χ2n) is 8.57. The highest BCUT2D eigenvalue weighted by Gasteiger charge is 2.39. The Morgan fingerprint density at radius 1 is 0.562 bits per heavy atom. The Labute approximate surface area is 190 Å². The first-order chi connectivity index (χ1) is 15.7. The summed E-state index contributed by atoms with van der Waals surface area (Å²) in [6.45, 7) is 0. The van der Waals surface area contributed by atoms with Crippen molar-refractivity contribution in [2.45, 2.75) is 18.5 Å². The molecule has 1 aliphatic rings. The summed E-state index contributed by atoms with van der Waals surface area (Å²) in [4.78, 5) is 0. The van der Waals surface area contributed by atoms with E-state index in [1.165, 1.54) is 11.1 Å². The molecule has 1 aliphatic heterocycles. The van der Waals surface area contributed by atoms with E-state index in [9.17, 15) is 0 Å². The fourth-order valence-corrected chi connectivity index (χ4v) is 8.29. The molecule has 4 aromatic carbocycles. The molecule has 0 aliphatic carbocycles. The molecule has 1 heterocycles. The van der Waals surface area contributed by atoms with Crippen molar-refractivity contribution in [2.75, 3.05) is 17.6 Å². The van der Waals surface area contributed by atoms with Gasteiger partial charge in [-0.25, -0.2) is 0 Å². The van der Waals surface area contributed by atoms with Crippen molar-refractivity contribution in [2.24, 2.45) is 0 Å². The number of para-hydroxylation sites is 2. The third kappa shape index (κ3) is 4.29. The van der Waals surface area contributed by atoms with Crippen molar-refractivity contribution in [1.29, 1.82) is 0 Å². The molecule has 4 aromatic rings. The zero-order chi connectivity index (χ0) is 21.8. The van der Waals surface area contributed by atoms with E-state index in [-0.39, 0.29) is 5.66 Å². The summed E-state index contributed by atoms with van der Waals surface area (Å²) in [5, 5.41) is 3.57. The predicted molar refractivity (Wildman–Crippen MR) is 136 cm³/mol. The minimum atomic E-state index is -2.63. The Hall–Kier alpha value is -3.09. The average molecular weight is 438 g/mol. The monoisotopic (exact) mass is 437 g/mol. The normalized spacial score (nSPS) is 13.1. The molecular weight excluding hydrogens is 409 g/mol. The summed E-state index contributed by atoms with van der Waals surface area (Å²) in [5.74, 6) is 0. The smallest absolute Gasteiger partial charge is 0.0998 e. The lowest BCUT2D eigenvalue weighted by Crippen LogP contribution is -2.17. The Morgan fingerprint density at radius 2 is 0.969 bits per heavy atom. The van der Waals surface area contributed by atoms with E-state index in [0.717, 1.165) is 35.3 Å². The molecule has 0 spiro atoms. The second-order valence-corrected chi connectivity index (χ2v) is 11.9. The maximum absolute atomic E-state index is 15.0. The molecule has 0 bridgehead atoms. The molecule has 0 atom stereocenters. The van der Waals surface area contributed by atoms with Crippen LogP contribution in [0.15, 0.2) is 109 Å². The van der Waals surface area contributed by atoms with E-state index >= 15 is 4.57 Å². The molecule has 0 unspecified atom stereocenters. The molecule has 160 valence electrons. The van der Waals surface area contributed by atoms with Crippen molar-refractivity contribution < 1.29 is 4.57 Å². The molecule has 5 rings (SSSR count). The van der Waals surface area contributed by atoms with Gasteiger partial charge in [0.2, 0.25) is 0 Å². The van der Waals surface area contributed by atoms with Gasteiger partial charge in [0.05, 0.1) is 12.8 Å². The van der Waals surface area contributed by atoms with Crippen molar-refractivity contribution in [3.8, 4) is 0 Å². The zero-order valence-electron chi connectivity index (χ0n) is 18.2. The zero-order valence-corrected chi connectivity index (χ0v) is 19.0. The summed E-state index contributed by atoms with van der Waals surface area (Å²) in [5.41, 5.74) is 6.91. The van der Waals surface area contributed by atoms with Crippen LogP contribution in [-0.4, -0.2) is 12.3 Å². The van der Waals surface area contributed by atoms with E-state index in [4.69, 9.17) is 0 Å². The number of rotatable bonds is 7. The maximum Gasteiger partial charge on any atom is 0.0998 e. The van der Waals surface area contributed by atoms with Gasteiger partial charge in [0.25, 0.3) is 0 Å². The summed E-state index contributed by atoms with van der Waals surface area (Å²) in [6, 6.07) is 37.7. The molecule has 0 aromatic heterocycles. The van der Waals surface area contributed by atoms with Crippen LogP contribution in [0.3, 0.4) is 0 Å². The van der Waals surface area contributed by atoms with Gasteiger partial charge in [-0.1, -0.05) is 97.1 Å². The highest BCUT2D eigenvalue weighted by Crippen LogP contribution is 2.65. The highest BCUT2D eigenvalue weighted by atomic mass is 31.2. The molecule has 0 radical (unpaired) electrons. The van der Waals surface area contributed by atoms with E-state index in [0.29, 0.717) is 12.3 Å². The van der Waals surface area contributed by atoms with E-state index < -0.39 is 7.14 Å². The van der Waals surface area contributed by atoms with Crippen LogP contribution in [0.1, 0.15) is 27.9 Å². The third-order valence-electron chi connectivity index (χ3n) is 6.49. The van der Waals surface area contributed by atoms with E-state index in [2.05, 4.69) is 102 Å². The fourth-order valence-electron chi connectivity index (χ4n) is 4.81. The van der Waals surface area contributed by atoms with Gasteiger partial charge in [-0.15, -0.1) is 0 Å². The molecule has 0 saturated heterocycles. The van der Waals surface area contributed by atoms with Gasteiger partial charge in [0, 0.05) is 23.7 Å². The Kier molecular flexibility index (Phi) is 5.97. The molecule has 2 nitrogen and oxygen atoms in total. The van der Waals surface area contributed by atoms with Gasteiger partial charge in [-0.2, -0.15) is 0 Å². The number of hydrogen-bond donors (Lipinski definition) is 1. The SMILES string of the molecule is O=P(CCc1ccccc1)(CCc1ccccc1)C1c2ccccc2Nc2ccccc21. The van der Waals surface area contributed by atoms with Crippen LogP contribution in [0.4, 0.5) is 11.4 Å². The van der Waals surface area contributed by atoms with E-state index in [1.54, 1.807) is 0 Å². The van der Waals surface area contributed by atoms with Crippen LogP contribution < -0.4 is 5.32 Å². The summed E-state index contributed by atoms with van der Waals surface area (Å²) < 4.78 is 15.0. The van der Waals surface area contributed by atoms with Crippen LogP contribution in [0.2, 0.25) is 0 Å². The predicted octanol–water partition coefficient (Wildman–Crippen LogP) is 7.68. The van der Waals surface area contributed by atoms with Crippen LogP contribution in [0, 0.1) is 0 Å². The third-order valence-corrected chi connectivity index (χ3v) is 9.95. The number of aryl methyl sites for hydroxylation is 2. The largest absolute Gasteiger partial charge is 0.355 e. The van der Waals surface area contributed by atoms with Crippen molar-refractivity contribution in [1.82, 2.24) is 0 Å². The molecule has 3 heteroatoms. The molecule has 0 amide bonds. The topological polar surface area (TPSA) is 29.1 Å². The van der Waals surface area contributed by atoms with Crippen LogP contribution in [0.5, 0.6) is 0 Å². The molecule has 1 N–H and O–H groups in total. The van der Waals surface area contributed by atoms with Crippen molar-refractivity contribution in [3.05, 3.63) is 131 Å². The number of fused-ring (bicyclic) bond motifs is 2. The second kappa shape index (κ2) is 9.18. The summed E-state index contributed by atoms with van der Waals surface area (Å²) >= 11 is 0. The standard InChI is InChI=1S/C29H28NOP/c31-32(21-19-23-11-3-1-4-12-23,22-20-24-13-5-2-6-14-24)29-25-15-7-9-17-27(25)30-28-18-10-8-16-26(28)29/h1-18,29-30H,19-22H2. The maximum atomic E-state index is 15.0. The Balaban J connectivity index is 1.55. The van der Waals surface area contributed by atoms with Crippen LogP contribution in [-0.2, 0) is 17.4 Å². The summed E-state index contributed by atoms with van der Waals surface area (Å²) in [6.07, 6.45) is 3.08. The van der Waals surface area contributed by atoms with Gasteiger partial charge in [0.15, 0.2) is 0 Å². The minimum absolute atomic E-state index is 0.0800. The quantitative estimate of drug-likeness (QED) is 0.300. The molecule has 0 fully saturated rings. The lowest BCUT2D eigenvalue weighted by atomic mass is 9.97. The van der Waals surface area contributed by atoms with Crippen LogP contribution >= 0.6 is 7.14 Å². The highest BCUT2D eigenvalue weighted by molar-refractivity contribution is 7.64. The number of benzene rings is 4. The van der Waals surface area contributed by atoms with Gasteiger partial charge in [0.1, 0.15) is 0 Å². The van der Waals surface area contributed by atoms with Gasteiger partial charge in [-0.05, 0) is 47.2 Å². The summed E-state index contributed by atoms with van der Waals surface area (Å²) in [7, 11) is -2.63. The first-order valence-corrected chi connectivity index (χ1v) is 13.5. The van der Waals surface area contributed by atoms with Crippen LogP contribution in [0.25, 0.3) is 0 Å². The average Bonchev–Trinajstić information content (AvgIpc) is 2.86. The Morgan fingerprint density at radius 3 is 1.44 bits per heavy atom. The first-order valence-electron chi connectivity index (χ1n) is 11.3. The lowest BCUT2D eigenvalue weighted by molar-refractivity contribution is 0.568. The van der Waals surface area contributed by atoms with Gasteiger partial charge in [-0.3, -0.25) is 0 Å². The number of nitrogens with one attached hydrogen (secondary N) is 1. The van der Waals surface area contributed by atoms with Gasteiger partial charge < -0.3 is 9.88 Å². The van der Waals surface area contributed by atoms with Gasteiger partial charge >= 0.3 is 0 Å². The lowest BCUT2D eigenvalue weighted by Gasteiger charge is -2.35. The van der Waals surface area contributed by atoms with E-state index in [1.807, 2.05) is 12.1 Å².